The van der Waals surface area contributed by atoms with Crippen LogP contribution in [0.3, 0.4) is 0 Å². The Kier molecular flexibility index (Phi) is 5.95. The third-order valence-corrected chi connectivity index (χ3v) is 5.21. The zero-order valence-electron chi connectivity index (χ0n) is 14.7. The second-order valence-corrected chi connectivity index (χ2v) is 7.36. The predicted molar refractivity (Wildman–Crippen MR) is 103 cm³/mol. The van der Waals surface area contributed by atoms with Gasteiger partial charge in [0.15, 0.2) is 0 Å². The van der Waals surface area contributed by atoms with E-state index in [0.29, 0.717) is 39.3 Å². The number of rotatable bonds is 6. The number of fused-ring (bicyclic) bond motifs is 1. The molecule has 3 N–H and O–H groups in total. The molecule has 0 spiro atoms. The van der Waals surface area contributed by atoms with Gasteiger partial charge in [0, 0.05) is 59.9 Å². The zero-order valence-corrected chi connectivity index (χ0v) is 16.3. The monoisotopic (exact) mass is 422 g/mol. The first-order chi connectivity index (χ1) is 12.5. The van der Waals surface area contributed by atoms with Crippen molar-refractivity contribution < 1.29 is 14.7 Å². The van der Waals surface area contributed by atoms with E-state index in [2.05, 4.69) is 31.1 Å². The molecule has 26 heavy (non-hydrogen) atoms. The third-order valence-electron chi connectivity index (χ3n) is 4.72. The van der Waals surface area contributed by atoms with Gasteiger partial charge in [-0.25, -0.2) is 0 Å². The van der Waals surface area contributed by atoms with Crippen LogP contribution in [0.5, 0.6) is 0 Å². The molecule has 140 valence electrons. The molecule has 7 nitrogen and oxygen atoms in total. The molecule has 2 aromatic rings. The molecule has 1 aliphatic heterocycles. The van der Waals surface area contributed by atoms with Crippen molar-refractivity contribution in [3.05, 3.63) is 34.4 Å². The molecule has 3 rings (SSSR count). The van der Waals surface area contributed by atoms with Crippen LogP contribution in [-0.4, -0.2) is 71.0 Å². The average molecular weight is 423 g/mol. The number of aromatic nitrogens is 1. The molecule has 0 aliphatic carbocycles. The van der Waals surface area contributed by atoms with E-state index in [4.69, 9.17) is 0 Å². The topological polar surface area (TPSA) is 88.7 Å². The second-order valence-electron chi connectivity index (χ2n) is 6.44. The summed E-state index contributed by atoms with van der Waals surface area (Å²) in [6.07, 6.45) is 1.79. The van der Waals surface area contributed by atoms with Crippen LogP contribution in [0.25, 0.3) is 10.9 Å². The number of aromatic amines is 1. The summed E-state index contributed by atoms with van der Waals surface area (Å²) in [5, 5.41) is 13.6. The Morgan fingerprint density at radius 3 is 2.69 bits per heavy atom. The highest BCUT2D eigenvalue weighted by Crippen LogP contribution is 2.31. The fourth-order valence-electron chi connectivity index (χ4n) is 3.46. The lowest BCUT2D eigenvalue weighted by Gasteiger charge is -2.37. The van der Waals surface area contributed by atoms with Crippen molar-refractivity contribution in [3.8, 4) is 0 Å². The lowest BCUT2D eigenvalue weighted by molar-refractivity contribution is -0.144. The number of carboxylic acids is 1. The van der Waals surface area contributed by atoms with Crippen molar-refractivity contribution in [2.45, 2.75) is 13.0 Å². The second kappa shape index (κ2) is 8.20. The number of carbonyl (C=O) groups excluding carboxylic acids is 1. The van der Waals surface area contributed by atoms with Gasteiger partial charge in [0.1, 0.15) is 6.04 Å². The van der Waals surface area contributed by atoms with Gasteiger partial charge in [-0.2, -0.15) is 0 Å². The highest BCUT2D eigenvalue weighted by molar-refractivity contribution is 9.10. The first-order valence-corrected chi connectivity index (χ1v) is 9.51. The van der Waals surface area contributed by atoms with Crippen LogP contribution in [0, 0.1) is 0 Å². The smallest absolute Gasteiger partial charge is 0.325 e. The number of carboxylic acid groups (broad SMARTS) is 1. The van der Waals surface area contributed by atoms with E-state index in [0.717, 1.165) is 20.9 Å². The SMILES string of the molecule is CCNC(=O)CN1CCN([C@@H](C(=O)O)c2c[nH]c3ccc(Br)cc23)CC1. The Hall–Kier alpha value is -1.90. The van der Waals surface area contributed by atoms with Crippen molar-refractivity contribution in [1.29, 1.82) is 0 Å². The number of benzene rings is 1. The van der Waals surface area contributed by atoms with Crippen molar-refractivity contribution in [2.75, 3.05) is 39.3 Å². The van der Waals surface area contributed by atoms with Crippen LogP contribution in [0.4, 0.5) is 0 Å². The van der Waals surface area contributed by atoms with Crippen LogP contribution in [0.15, 0.2) is 28.9 Å². The fourth-order valence-corrected chi connectivity index (χ4v) is 3.82. The molecule has 1 aromatic carbocycles. The van der Waals surface area contributed by atoms with E-state index >= 15 is 0 Å². The highest BCUT2D eigenvalue weighted by Gasteiger charge is 2.32. The van der Waals surface area contributed by atoms with E-state index in [1.165, 1.54) is 0 Å². The van der Waals surface area contributed by atoms with Gasteiger partial charge in [0.2, 0.25) is 5.91 Å². The summed E-state index contributed by atoms with van der Waals surface area (Å²) in [4.78, 5) is 31.0. The molecule has 0 saturated carbocycles. The number of halogens is 1. The molecule has 2 heterocycles. The first kappa shape index (κ1) is 18.9. The molecule has 1 aliphatic rings. The summed E-state index contributed by atoms with van der Waals surface area (Å²) in [6.45, 7) is 5.44. The van der Waals surface area contributed by atoms with E-state index < -0.39 is 12.0 Å². The summed E-state index contributed by atoms with van der Waals surface area (Å²) in [7, 11) is 0. The Labute approximate surface area is 160 Å². The van der Waals surface area contributed by atoms with E-state index in [1.807, 2.05) is 30.0 Å². The third kappa shape index (κ3) is 4.08. The molecule has 0 unspecified atom stereocenters. The average Bonchev–Trinajstić information content (AvgIpc) is 2.99. The minimum Gasteiger partial charge on any atom is -0.480 e. The van der Waals surface area contributed by atoms with Crippen molar-refractivity contribution in [1.82, 2.24) is 20.1 Å². The number of likely N-dealkylation sites (N-methyl/N-ethyl adjacent to an activating group) is 1. The van der Waals surface area contributed by atoms with E-state index in [1.54, 1.807) is 6.20 Å². The van der Waals surface area contributed by atoms with Crippen molar-refractivity contribution >= 4 is 38.7 Å². The molecule has 8 heteroatoms. The van der Waals surface area contributed by atoms with Crippen molar-refractivity contribution in [2.24, 2.45) is 0 Å². The number of carbonyl (C=O) groups is 2. The molecule has 1 saturated heterocycles. The van der Waals surface area contributed by atoms with Gasteiger partial charge < -0.3 is 15.4 Å². The summed E-state index contributed by atoms with van der Waals surface area (Å²) in [6, 6.07) is 5.11. The standard InChI is InChI=1S/C18H23BrN4O3/c1-2-20-16(24)11-22-5-7-23(8-6-22)17(18(25)26)14-10-21-15-4-3-12(19)9-13(14)15/h3-4,9-10,17,21H,2,5-8,11H2,1H3,(H,20,24)(H,25,26)/t17-/m1/s1. The summed E-state index contributed by atoms with van der Waals surface area (Å²) >= 11 is 3.46. The van der Waals surface area contributed by atoms with Gasteiger partial charge in [0.05, 0.1) is 6.54 Å². The van der Waals surface area contributed by atoms with Gasteiger partial charge in [-0.1, -0.05) is 15.9 Å². The van der Waals surface area contributed by atoms with Gasteiger partial charge in [-0.15, -0.1) is 0 Å². The van der Waals surface area contributed by atoms with Gasteiger partial charge in [0.25, 0.3) is 0 Å². The van der Waals surface area contributed by atoms with Gasteiger partial charge in [-0.3, -0.25) is 19.4 Å². The van der Waals surface area contributed by atoms with E-state index in [-0.39, 0.29) is 5.91 Å². The Balaban J connectivity index is 1.74. The number of nitrogens with one attached hydrogen (secondary N) is 2. The van der Waals surface area contributed by atoms with Crippen LogP contribution in [0.2, 0.25) is 0 Å². The Bertz CT molecular complexity index is 799. The number of nitrogens with zero attached hydrogens (tertiary/aromatic N) is 2. The fraction of sp³-hybridized carbons (Fsp3) is 0.444. The summed E-state index contributed by atoms with van der Waals surface area (Å²) in [5.74, 6) is -0.847. The molecule has 0 bridgehead atoms. The van der Waals surface area contributed by atoms with Crippen LogP contribution < -0.4 is 5.32 Å². The highest BCUT2D eigenvalue weighted by atomic mass is 79.9. The first-order valence-electron chi connectivity index (χ1n) is 8.72. The quantitative estimate of drug-likeness (QED) is 0.660. The number of aliphatic carboxylic acids is 1. The van der Waals surface area contributed by atoms with Gasteiger partial charge in [-0.05, 0) is 25.1 Å². The predicted octanol–water partition coefficient (Wildman–Crippen LogP) is 1.81. The molecule has 0 radical (unpaired) electrons. The lowest BCUT2D eigenvalue weighted by atomic mass is 10.0. The lowest BCUT2D eigenvalue weighted by Crippen LogP contribution is -2.51. The number of amides is 1. The molecule has 1 fully saturated rings. The van der Waals surface area contributed by atoms with Crippen LogP contribution >= 0.6 is 15.9 Å². The van der Waals surface area contributed by atoms with Crippen LogP contribution in [-0.2, 0) is 9.59 Å². The number of piperazine rings is 1. The molecule has 1 amide bonds. The molecular formula is C18H23BrN4O3. The van der Waals surface area contributed by atoms with E-state index in [9.17, 15) is 14.7 Å². The van der Waals surface area contributed by atoms with Gasteiger partial charge >= 0.3 is 5.97 Å². The normalized spacial score (nSPS) is 17.3. The summed E-state index contributed by atoms with van der Waals surface area (Å²) < 4.78 is 0.918. The molecule has 1 atom stereocenters. The largest absolute Gasteiger partial charge is 0.480 e. The molecular weight excluding hydrogens is 400 g/mol. The maximum Gasteiger partial charge on any atom is 0.325 e. The Morgan fingerprint density at radius 2 is 2.04 bits per heavy atom. The number of hydrogen-bond donors (Lipinski definition) is 3. The maximum atomic E-state index is 12.0. The number of hydrogen-bond acceptors (Lipinski definition) is 4. The zero-order chi connectivity index (χ0) is 18.7. The number of H-pyrrole nitrogens is 1. The van der Waals surface area contributed by atoms with Crippen LogP contribution in [0.1, 0.15) is 18.5 Å². The van der Waals surface area contributed by atoms with Crippen molar-refractivity contribution in [3.63, 3.8) is 0 Å². The Morgan fingerprint density at radius 1 is 1.31 bits per heavy atom. The molecule has 1 aromatic heterocycles. The maximum absolute atomic E-state index is 12.0. The minimum atomic E-state index is -0.858. The minimum absolute atomic E-state index is 0.0113. The summed E-state index contributed by atoms with van der Waals surface area (Å²) in [5.41, 5.74) is 1.69.